The van der Waals surface area contributed by atoms with Crippen molar-refractivity contribution < 1.29 is 171 Å². The van der Waals surface area contributed by atoms with Gasteiger partial charge in [-0.3, -0.25) is 9.59 Å². The van der Waals surface area contributed by atoms with Crippen LogP contribution in [0.5, 0.6) is 0 Å². The van der Waals surface area contributed by atoms with Gasteiger partial charge >= 0.3 is 0 Å². The fraction of sp³-hybridized carbons (Fsp3) is 0.923. The average molecular weight is 1740 g/mol. The summed E-state index contributed by atoms with van der Waals surface area (Å²) in [7, 11) is 37.2. The zero-order valence-corrected chi connectivity index (χ0v) is 74.7. The Hall–Kier alpha value is -2.67. The number of rotatable bonds is 48. The topological polar surface area (TPSA) is 396 Å². The summed E-state index contributed by atoms with van der Waals surface area (Å²) in [5, 5.41) is 13.3. The second-order valence-electron chi connectivity index (χ2n) is 29.9. The third kappa shape index (κ3) is 23.8. The molecule has 6 aliphatic heterocycles. The van der Waals surface area contributed by atoms with Crippen LogP contribution in [-0.2, 0) is 171 Å². The Balaban J connectivity index is 0.887. The van der Waals surface area contributed by atoms with Crippen molar-refractivity contribution >= 4 is 23.6 Å². The fourth-order valence-corrected chi connectivity index (χ4v) is 18.6. The van der Waals surface area contributed by atoms with E-state index in [2.05, 4.69) is 21.3 Å². The summed E-state index contributed by atoms with van der Waals surface area (Å²) >= 11 is 1.03. The van der Waals surface area contributed by atoms with Gasteiger partial charge in [0.25, 0.3) is 0 Å². The molecule has 0 saturated carbocycles. The lowest BCUT2D eigenvalue weighted by molar-refractivity contribution is -0.375. The van der Waals surface area contributed by atoms with Crippen LogP contribution in [0.2, 0.25) is 0 Å². The maximum Gasteiger partial charge on any atom is 0.232 e. The zero-order valence-electron chi connectivity index (χ0n) is 73.9. The number of carbonyl (C=O) groups excluding carboxylic acids is 2. The first-order valence-corrected chi connectivity index (χ1v) is 40.9. The second-order valence-corrected chi connectivity index (χ2v) is 30.8. The predicted octanol–water partition coefficient (Wildman–Crippen LogP) is -1.44. The first-order chi connectivity index (χ1) is 57.6. The van der Waals surface area contributed by atoms with Crippen LogP contribution in [0.1, 0.15) is 13.8 Å². The van der Waals surface area contributed by atoms with Crippen molar-refractivity contribution in [2.45, 2.75) is 247 Å². The van der Waals surface area contributed by atoms with E-state index in [-0.39, 0.29) is 37.9 Å². The first-order valence-electron chi connectivity index (χ1n) is 39.7. The smallest absolute Gasteiger partial charge is 0.232 e. The average Bonchev–Trinajstić information content (AvgIpc) is 0.767. The quantitative estimate of drug-likeness (QED) is 0.0507. The molecule has 0 aromatic rings. The first kappa shape index (κ1) is 102. The third-order valence-corrected chi connectivity index (χ3v) is 24.3. The Morgan fingerprint density at radius 2 is 0.555 bits per heavy atom. The molecule has 119 heavy (non-hydrogen) atoms. The summed E-state index contributed by atoms with van der Waals surface area (Å²) in [6.07, 6.45) is -24.5. The van der Waals surface area contributed by atoms with Crippen LogP contribution in [0.15, 0.2) is 23.3 Å². The minimum Gasteiger partial charge on any atom is -0.382 e. The molecule has 6 saturated heterocycles. The molecule has 692 valence electrons. The molecule has 2 amide bonds. The van der Waals surface area contributed by atoms with E-state index < -0.39 is 245 Å². The van der Waals surface area contributed by atoms with Gasteiger partial charge < -0.3 is 182 Å². The van der Waals surface area contributed by atoms with E-state index in [0.29, 0.717) is 13.2 Å². The molecule has 2 aliphatic carbocycles. The Morgan fingerprint density at radius 1 is 0.294 bits per heavy atom. The molecule has 6 heterocycles. The van der Waals surface area contributed by atoms with Gasteiger partial charge in [0, 0.05) is 171 Å². The highest BCUT2D eigenvalue weighted by Gasteiger charge is 2.60. The van der Waals surface area contributed by atoms with Gasteiger partial charge in [0.1, 0.15) is 159 Å². The molecule has 8 aliphatic rings. The molecule has 0 bridgehead atoms. The fourth-order valence-electron chi connectivity index (χ4n) is 17.9. The SMILES string of the molecule is COCC1=CC(NC2C(C)OC(OC3C(COC)OC(OC4C(COC)OC(NC(=O)CSCC(=O)NC5OC(COC)C(OC6OC(COC)C(OC7OC(C)C(NC8C=C(COC)C(OC)C(OC)C8OC)C(OC)C7OC)C(OC)C6OC)C(OC)C5OC)C(OC)C4OC)C(OC)C3OC)C(OC)C2OC)C(OC)C(OC)C1OC. The second kappa shape index (κ2) is 50.8. The third-order valence-electron chi connectivity index (χ3n) is 23.3. The Kier molecular flexibility index (Phi) is 43.4. The molecule has 0 radical (unpaired) electrons. The Morgan fingerprint density at radius 3 is 0.815 bits per heavy atom. The van der Waals surface area contributed by atoms with Crippen LogP contribution in [0.3, 0.4) is 0 Å². The molecular weight excluding hydrogens is 1600 g/mol. The lowest BCUT2D eigenvalue weighted by Gasteiger charge is -2.51. The molecule has 38 atom stereocenters. The van der Waals surface area contributed by atoms with E-state index in [1.807, 2.05) is 26.0 Å². The van der Waals surface area contributed by atoms with E-state index in [0.717, 1.165) is 22.9 Å². The number of hydrogen-bond acceptors (Lipinski definition) is 39. The number of hydrogen-bond donors (Lipinski definition) is 4. The number of methoxy groups -OCH3 is 24. The van der Waals surface area contributed by atoms with Gasteiger partial charge in [-0.15, -0.1) is 11.8 Å². The predicted molar refractivity (Wildman–Crippen MR) is 420 cm³/mol. The van der Waals surface area contributed by atoms with Gasteiger partial charge in [0.2, 0.25) is 11.8 Å². The standard InChI is InChI=1S/C78H138N4O36S/c1-37-49(79-41-27-39(29-85-3)51(91-9)61(97-15)53(41)93-11)59(95-13)69(105-23)75(109-37)115-57-45(33-89-7)113-77(71(107-25)65(57)101-19)117-55-43(31-87-5)111-73(67(103-21)63(55)99-17)81-47(83)35-119-36-48(84)82-74-68(104-22)64(100-18)56(44(112-74)32-88-6)118-78-72(108-26)66(102-20)58(46(114-78)34-90-8)116-76-70(106-24)60(96-14)50(38(2)110-76)80-42-28-40(30-86-4)52(92-10)62(98-16)54(42)94-12/h27-28,37-38,41-46,49-80H,29-36H2,1-26H3,(H,81,83)(H,82,84). The number of amides is 2. The van der Waals surface area contributed by atoms with Crippen LogP contribution in [0, 0.1) is 0 Å². The number of ether oxygens (including phenoxy) is 34. The van der Waals surface area contributed by atoms with Crippen molar-refractivity contribution in [3.05, 3.63) is 23.3 Å². The van der Waals surface area contributed by atoms with Crippen molar-refractivity contribution in [2.75, 3.05) is 222 Å². The lowest BCUT2D eigenvalue weighted by Crippen LogP contribution is -2.70. The zero-order chi connectivity index (χ0) is 86.9. The molecule has 0 aromatic carbocycles. The van der Waals surface area contributed by atoms with Crippen LogP contribution in [0.4, 0.5) is 0 Å². The van der Waals surface area contributed by atoms with Gasteiger partial charge in [0.05, 0.1) is 87.5 Å². The van der Waals surface area contributed by atoms with Crippen molar-refractivity contribution in [1.29, 1.82) is 0 Å². The maximum atomic E-state index is 14.1. The van der Waals surface area contributed by atoms with E-state index in [9.17, 15) is 9.59 Å². The van der Waals surface area contributed by atoms with Crippen LogP contribution >= 0.6 is 11.8 Å². The summed E-state index contributed by atoms with van der Waals surface area (Å²) in [4.78, 5) is 28.1. The highest BCUT2D eigenvalue weighted by molar-refractivity contribution is 8.00. The van der Waals surface area contributed by atoms with Crippen molar-refractivity contribution in [3.8, 4) is 0 Å². The van der Waals surface area contributed by atoms with E-state index in [4.69, 9.17) is 161 Å². The molecule has 0 spiro atoms. The van der Waals surface area contributed by atoms with Gasteiger partial charge in [-0.25, -0.2) is 0 Å². The summed E-state index contributed by atoms with van der Waals surface area (Å²) in [6, 6.07) is -1.75. The molecular formula is C78H138N4O36S. The molecule has 4 N–H and O–H groups in total. The van der Waals surface area contributed by atoms with Crippen LogP contribution < -0.4 is 21.3 Å². The van der Waals surface area contributed by atoms with E-state index in [1.165, 1.54) is 85.3 Å². The van der Waals surface area contributed by atoms with Gasteiger partial charge in [-0.05, 0) is 25.0 Å². The lowest BCUT2D eigenvalue weighted by atomic mass is 9.86. The minimum absolute atomic E-state index is 0.00227. The maximum absolute atomic E-state index is 14.1. The summed E-state index contributed by atoms with van der Waals surface area (Å²) in [6.45, 7) is 4.34. The molecule has 41 heteroatoms. The van der Waals surface area contributed by atoms with Gasteiger partial charge in [0.15, 0.2) is 37.6 Å². The van der Waals surface area contributed by atoms with Crippen LogP contribution in [-0.4, -0.2) is 466 Å². The van der Waals surface area contributed by atoms with E-state index >= 15 is 0 Å². The Bertz CT molecular complexity index is 2790. The highest BCUT2D eigenvalue weighted by atomic mass is 32.2. The minimum atomic E-state index is -1.19. The summed E-state index contributed by atoms with van der Waals surface area (Å²) in [5.41, 5.74) is 1.75. The van der Waals surface area contributed by atoms with Crippen molar-refractivity contribution in [2.24, 2.45) is 0 Å². The van der Waals surface area contributed by atoms with Gasteiger partial charge in [-0.1, -0.05) is 12.2 Å². The summed E-state index contributed by atoms with van der Waals surface area (Å²) in [5.74, 6) is -1.42. The molecule has 38 unspecified atom stereocenters. The number of nitrogens with one attached hydrogen (secondary N) is 4. The van der Waals surface area contributed by atoms with Crippen LogP contribution in [0.25, 0.3) is 0 Å². The monoisotopic (exact) mass is 1740 g/mol. The normalized spacial score (nSPS) is 41.6. The van der Waals surface area contributed by atoms with Crippen molar-refractivity contribution in [1.82, 2.24) is 21.3 Å². The highest BCUT2D eigenvalue weighted by Crippen LogP contribution is 2.41. The van der Waals surface area contributed by atoms with Gasteiger partial charge in [-0.2, -0.15) is 0 Å². The number of carbonyl (C=O) groups is 2. The summed E-state index contributed by atoms with van der Waals surface area (Å²) < 4.78 is 212. The molecule has 40 nitrogen and oxygen atoms in total. The molecule has 8 rings (SSSR count). The molecule has 6 fully saturated rings. The molecule has 0 aromatic heterocycles. The largest absolute Gasteiger partial charge is 0.382 e. The Labute approximate surface area is 704 Å². The van der Waals surface area contributed by atoms with Crippen molar-refractivity contribution in [3.63, 3.8) is 0 Å². The number of thioether (sulfide) groups is 1. The van der Waals surface area contributed by atoms with E-state index in [1.54, 1.807) is 85.3 Å².